The van der Waals surface area contributed by atoms with Crippen LogP contribution in [-0.2, 0) is 65.4 Å². The van der Waals surface area contributed by atoms with E-state index >= 15 is 0 Å². The van der Waals surface area contributed by atoms with Crippen LogP contribution < -0.4 is 0 Å². The van der Waals surface area contributed by atoms with Crippen LogP contribution in [0.25, 0.3) is 0 Å². The van der Waals surface area contributed by atoms with Crippen LogP contribution in [0.2, 0.25) is 0 Å². The van der Waals surface area contributed by atoms with Crippen molar-refractivity contribution in [2.45, 2.75) is 446 Å². The fourth-order valence-electron chi connectivity index (χ4n) is 12.7. The lowest BCUT2D eigenvalue weighted by Crippen LogP contribution is -2.30. The highest BCUT2D eigenvalue weighted by Gasteiger charge is 2.30. The highest BCUT2D eigenvalue weighted by Crippen LogP contribution is 2.45. The predicted octanol–water partition coefficient (Wildman–Crippen LogP) is 24.5. The number of rotatable bonds is 80. The van der Waals surface area contributed by atoms with Gasteiger partial charge in [0.25, 0.3) is 0 Å². The summed E-state index contributed by atoms with van der Waals surface area (Å²) in [5.41, 5.74) is 0. The van der Waals surface area contributed by atoms with E-state index in [1.54, 1.807) is 0 Å². The molecule has 17 nitrogen and oxygen atoms in total. The van der Waals surface area contributed by atoms with Gasteiger partial charge in [-0.05, 0) is 43.4 Å². The molecule has 5 atom stereocenters. The molecule has 0 bridgehead atoms. The second kappa shape index (κ2) is 72.3. The Morgan fingerprint density at radius 2 is 0.455 bits per heavy atom. The number of phosphoric ester groups is 2. The average Bonchev–Trinajstić information content (AvgIpc) is 0.997. The Balaban J connectivity index is 5.23. The molecule has 0 heterocycles. The van der Waals surface area contributed by atoms with Gasteiger partial charge in [0.15, 0.2) is 12.2 Å². The van der Waals surface area contributed by atoms with Gasteiger partial charge in [0.1, 0.15) is 19.3 Å². The Morgan fingerprint density at radius 1 is 0.267 bits per heavy atom. The number of hydrogen-bond acceptors (Lipinski definition) is 15. The smallest absolute Gasteiger partial charge is 0.462 e. The van der Waals surface area contributed by atoms with Gasteiger partial charge in [0.2, 0.25) is 0 Å². The number of aliphatic hydroxyl groups is 1. The molecule has 101 heavy (non-hydrogen) atoms. The lowest BCUT2D eigenvalue weighted by atomic mass is 10.0. The third-order valence-corrected chi connectivity index (χ3v) is 21.0. The molecule has 0 saturated carbocycles. The Morgan fingerprint density at radius 3 is 0.673 bits per heavy atom. The molecular formula is C82H160O17P2. The van der Waals surface area contributed by atoms with Gasteiger partial charge in [-0.25, -0.2) is 9.13 Å². The second-order valence-corrected chi connectivity index (χ2v) is 33.8. The van der Waals surface area contributed by atoms with Gasteiger partial charge in [0, 0.05) is 25.7 Å². The molecule has 0 aromatic carbocycles. The van der Waals surface area contributed by atoms with Crippen molar-refractivity contribution in [2.75, 3.05) is 39.6 Å². The average molecular weight is 1480 g/mol. The molecule has 600 valence electrons. The molecule has 2 unspecified atom stereocenters. The molecule has 0 aromatic heterocycles. The Bertz CT molecular complexity index is 1960. The molecular weight excluding hydrogens is 1320 g/mol. The summed E-state index contributed by atoms with van der Waals surface area (Å²) in [5, 5.41) is 10.6. The van der Waals surface area contributed by atoms with E-state index in [9.17, 15) is 43.2 Å². The summed E-state index contributed by atoms with van der Waals surface area (Å²) in [4.78, 5) is 73.0. The lowest BCUT2D eigenvalue weighted by Gasteiger charge is -2.21. The van der Waals surface area contributed by atoms with Gasteiger partial charge in [0.05, 0.1) is 26.4 Å². The Kier molecular flexibility index (Phi) is 70.9. The van der Waals surface area contributed by atoms with Gasteiger partial charge in [-0.1, -0.05) is 376 Å². The van der Waals surface area contributed by atoms with E-state index in [2.05, 4.69) is 48.5 Å². The maximum absolute atomic E-state index is 13.1. The molecule has 0 saturated heterocycles. The zero-order valence-electron chi connectivity index (χ0n) is 66.4. The zero-order valence-corrected chi connectivity index (χ0v) is 68.2. The minimum atomic E-state index is -4.96. The first kappa shape index (κ1) is 99.1. The standard InChI is InChI=1S/C82H160O17P2/c1-8-9-10-11-12-13-26-35-42-49-56-63-79(84)92-70-78(99-82(87)66-59-52-45-38-31-34-41-48-55-62-75(6)7)72-97-101(90,91)95-68-76(83)67-94-100(88,89)96-71-77(98-81(86)65-58-51-44-37-30-25-21-17-15-19-23-28-33-40-47-54-61-74(4)5)69-93-80(85)64-57-50-43-36-29-24-20-16-14-18-22-27-32-39-46-53-60-73(2)3/h73-78,83H,8-72H2,1-7H3,(H,88,89)(H,90,91)/t76-,77-,78-/m1/s1. The van der Waals surface area contributed by atoms with Crippen LogP contribution in [0.15, 0.2) is 0 Å². The maximum Gasteiger partial charge on any atom is 0.472 e. The van der Waals surface area contributed by atoms with Gasteiger partial charge < -0.3 is 33.8 Å². The van der Waals surface area contributed by atoms with E-state index in [0.717, 1.165) is 108 Å². The molecule has 0 radical (unpaired) electrons. The van der Waals surface area contributed by atoms with Crippen LogP contribution in [0.4, 0.5) is 0 Å². The van der Waals surface area contributed by atoms with E-state index in [1.807, 2.05) is 0 Å². The summed E-state index contributed by atoms with van der Waals surface area (Å²) < 4.78 is 68.7. The molecule has 0 amide bonds. The van der Waals surface area contributed by atoms with Crippen molar-refractivity contribution in [1.82, 2.24) is 0 Å². The summed E-state index contributed by atoms with van der Waals surface area (Å²) in [5.74, 6) is 0.249. The first-order valence-electron chi connectivity index (χ1n) is 42.3. The molecule has 0 aromatic rings. The van der Waals surface area contributed by atoms with Crippen LogP contribution in [0.5, 0.6) is 0 Å². The number of unbranched alkanes of at least 4 members (excludes halogenated alkanes) is 48. The van der Waals surface area contributed by atoms with E-state index in [1.165, 1.54) is 238 Å². The van der Waals surface area contributed by atoms with Gasteiger partial charge in [-0.2, -0.15) is 0 Å². The van der Waals surface area contributed by atoms with Crippen molar-refractivity contribution >= 4 is 39.5 Å². The molecule has 0 spiro atoms. The molecule has 19 heteroatoms. The predicted molar refractivity (Wildman–Crippen MR) is 414 cm³/mol. The number of aliphatic hydroxyl groups excluding tert-OH is 1. The number of phosphoric acid groups is 2. The third kappa shape index (κ3) is 76.1. The molecule has 0 aliphatic carbocycles. The number of hydrogen-bond donors (Lipinski definition) is 3. The molecule has 0 aliphatic heterocycles. The Hall–Kier alpha value is -1.94. The zero-order chi connectivity index (χ0) is 74.4. The van der Waals surface area contributed by atoms with Crippen LogP contribution in [-0.4, -0.2) is 96.7 Å². The van der Waals surface area contributed by atoms with Crippen molar-refractivity contribution in [3.63, 3.8) is 0 Å². The monoisotopic (exact) mass is 1480 g/mol. The molecule has 0 aliphatic rings. The fraction of sp³-hybridized carbons (Fsp3) is 0.951. The van der Waals surface area contributed by atoms with Crippen molar-refractivity contribution < 1.29 is 80.2 Å². The summed E-state index contributed by atoms with van der Waals surface area (Å²) in [7, 11) is -9.92. The van der Waals surface area contributed by atoms with Gasteiger partial charge in [-0.15, -0.1) is 0 Å². The minimum Gasteiger partial charge on any atom is -0.462 e. The third-order valence-electron chi connectivity index (χ3n) is 19.1. The van der Waals surface area contributed by atoms with Crippen molar-refractivity contribution in [2.24, 2.45) is 17.8 Å². The van der Waals surface area contributed by atoms with E-state index in [0.29, 0.717) is 25.7 Å². The lowest BCUT2D eigenvalue weighted by molar-refractivity contribution is -0.161. The highest BCUT2D eigenvalue weighted by atomic mass is 31.2. The SMILES string of the molecule is CCCCCCCCCCCCCC(=O)OC[C@H](COP(=O)(O)OC[C@H](O)COP(=O)(O)OC[C@@H](COC(=O)CCCCCCCCCCCCCCCCCCC(C)C)OC(=O)CCCCCCCCCCCCCCCCCCC(C)C)OC(=O)CCCCCCCCCCCC(C)C. The summed E-state index contributed by atoms with van der Waals surface area (Å²) in [6, 6.07) is 0. The topological polar surface area (TPSA) is 237 Å². The van der Waals surface area contributed by atoms with E-state index in [-0.39, 0.29) is 25.7 Å². The van der Waals surface area contributed by atoms with Crippen LogP contribution >= 0.6 is 15.6 Å². The number of esters is 4. The normalized spacial score (nSPS) is 14.0. The van der Waals surface area contributed by atoms with E-state index in [4.69, 9.17) is 37.0 Å². The number of carbonyl (C=O) groups is 4. The van der Waals surface area contributed by atoms with Crippen LogP contribution in [0, 0.1) is 17.8 Å². The fourth-order valence-corrected chi connectivity index (χ4v) is 14.2. The van der Waals surface area contributed by atoms with Gasteiger partial charge in [-0.3, -0.25) is 37.3 Å². The summed E-state index contributed by atoms with van der Waals surface area (Å²) >= 11 is 0. The highest BCUT2D eigenvalue weighted by molar-refractivity contribution is 7.47. The van der Waals surface area contributed by atoms with Crippen molar-refractivity contribution in [3.8, 4) is 0 Å². The largest absolute Gasteiger partial charge is 0.472 e. The maximum atomic E-state index is 13.1. The quantitative estimate of drug-likeness (QED) is 0.0222. The first-order valence-corrected chi connectivity index (χ1v) is 45.3. The van der Waals surface area contributed by atoms with Crippen LogP contribution in [0.1, 0.15) is 427 Å². The van der Waals surface area contributed by atoms with Gasteiger partial charge >= 0.3 is 39.5 Å². The summed E-state index contributed by atoms with van der Waals surface area (Å²) in [6.07, 6.45) is 61.1. The first-order chi connectivity index (χ1) is 48.7. The summed E-state index contributed by atoms with van der Waals surface area (Å²) in [6.45, 7) is 12.0. The number of carbonyl (C=O) groups excluding carboxylic acids is 4. The van der Waals surface area contributed by atoms with E-state index < -0.39 is 97.5 Å². The van der Waals surface area contributed by atoms with Crippen LogP contribution in [0.3, 0.4) is 0 Å². The molecule has 3 N–H and O–H groups in total. The Labute approximate surface area is 619 Å². The molecule has 0 fully saturated rings. The van der Waals surface area contributed by atoms with Crippen molar-refractivity contribution in [3.05, 3.63) is 0 Å². The number of ether oxygens (including phenoxy) is 4. The molecule has 0 rings (SSSR count). The minimum absolute atomic E-state index is 0.106. The second-order valence-electron chi connectivity index (χ2n) is 30.9. The van der Waals surface area contributed by atoms with Crippen molar-refractivity contribution in [1.29, 1.82) is 0 Å².